The van der Waals surface area contributed by atoms with Crippen LogP contribution in [0.3, 0.4) is 0 Å². The van der Waals surface area contributed by atoms with E-state index in [9.17, 15) is 4.79 Å². The molecule has 1 aromatic heterocycles. The number of H-pyrrole nitrogens is 1. The van der Waals surface area contributed by atoms with Gasteiger partial charge in [0.25, 0.3) is 5.91 Å². The Hall–Kier alpha value is -2.59. The number of aromatic nitrogens is 1. The van der Waals surface area contributed by atoms with Gasteiger partial charge in [-0.2, -0.15) is 0 Å². The van der Waals surface area contributed by atoms with Gasteiger partial charge in [0.2, 0.25) is 0 Å². The summed E-state index contributed by atoms with van der Waals surface area (Å²) in [5.41, 5.74) is 5.17. The first-order valence-electron chi connectivity index (χ1n) is 9.37. The van der Waals surface area contributed by atoms with E-state index >= 15 is 0 Å². The summed E-state index contributed by atoms with van der Waals surface area (Å²) in [6.07, 6.45) is 2.58. The fourth-order valence-corrected chi connectivity index (χ4v) is 3.90. The van der Waals surface area contributed by atoms with Crippen molar-refractivity contribution in [2.45, 2.75) is 32.9 Å². The van der Waals surface area contributed by atoms with Crippen molar-refractivity contribution in [3.8, 4) is 0 Å². The second-order valence-electron chi connectivity index (χ2n) is 7.11. The second-order valence-corrected chi connectivity index (χ2v) is 7.11. The van der Waals surface area contributed by atoms with Gasteiger partial charge >= 0.3 is 0 Å². The summed E-state index contributed by atoms with van der Waals surface area (Å²) in [5.74, 6) is -0.0177. The minimum absolute atomic E-state index is 0.0177. The van der Waals surface area contributed by atoms with Crippen molar-refractivity contribution in [2.24, 2.45) is 0 Å². The molecule has 0 bridgehead atoms. The third-order valence-corrected chi connectivity index (χ3v) is 5.27. The van der Waals surface area contributed by atoms with E-state index < -0.39 is 0 Å². The molecule has 26 heavy (non-hydrogen) atoms. The number of carbonyl (C=O) groups is 1. The molecule has 1 amide bonds. The molecule has 2 N–H and O–H groups in total. The molecule has 1 fully saturated rings. The maximum Gasteiger partial charge on any atom is 0.253 e. The van der Waals surface area contributed by atoms with E-state index in [2.05, 4.69) is 33.4 Å². The van der Waals surface area contributed by atoms with E-state index in [0.717, 1.165) is 28.7 Å². The molecule has 0 unspecified atom stereocenters. The monoisotopic (exact) mass is 347 g/mol. The standard InChI is InChI=1S/C22H25N3O/c1-16-21(19-10-4-5-11-20(19)24-16)22(26)23-14-17-8-2-3-9-18(17)15-25-12-6-7-13-25/h2-5,8-11,24H,6-7,12-15H2,1H3,(H,23,26). The minimum atomic E-state index is -0.0177. The number of aromatic amines is 1. The maximum atomic E-state index is 12.8. The van der Waals surface area contributed by atoms with Crippen LogP contribution in [0.4, 0.5) is 0 Å². The Kier molecular flexibility index (Phi) is 4.76. The number of likely N-dealkylation sites (tertiary alicyclic amines) is 1. The molecule has 1 saturated heterocycles. The Morgan fingerprint density at radius 1 is 1.04 bits per heavy atom. The number of hydrogen-bond acceptors (Lipinski definition) is 2. The van der Waals surface area contributed by atoms with Crippen molar-refractivity contribution >= 4 is 16.8 Å². The van der Waals surface area contributed by atoms with Gasteiger partial charge in [-0.05, 0) is 50.0 Å². The number of fused-ring (bicyclic) bond motifs is 1. The summed E-state index contributed by atoms with van der Waals surface area (Å²) < 4.78 is 0. The number of hydrogen-bond donors (Lipinski definition) is 2. The zero-order valence-corrected chi connectivity index (χ0v) is 15.2. The molecular formula is C22H25N3O. The highest BCUT2D eigenvalue weighted by Crippen LogP contribution is 2.22. The fraction of sp³-hybridized carbons (Fsp3) is 0.318. The Labute approximate surface area is 154 Å². The Morgan fingerprint density at radius 2 is 1.73 bits per heavy atom. The number of para-hydroxylation sites is 1. The summed E-state index contributed by atoms with van der Waals surface area (Å²) in [5, 5.41) is 4.10. The number of aryl methyl sites for hydroxylation is 1. The van der Waals surface area contributed by atoms with Crippen LogP contribution >= 0.6 is 0 Å². The fourth-order valence-electron chi connectivity index (χ4n) is 3.90. The maximum absolute atomic E-state index is 12.8. The SMILES string of the molecule is Cc1[nH]c2ccccc2c1C(=O)NCc1ccccc1CN1CCCC1. The average molecular weight is 347 g/mol. The van der Waals surface area contributed by atoms with Gasteiger partial charge in [-0.3, -0.25) is 9.69 Å². The first-order chi connectivity index (χ1) is 12.7. The molecule has 3 aromatic rings. The van der Waals surface area contributed by atoms with Gasteiger partial charge in [-0.25, -0.2) is 0 Å². The number of benzene rings is 2. The van der Waals surface area contributed by atoms with E-state index in [0.29, 0.717) is 6.54 Å². The number of rotatable bonds is 5. The van der Waals surface area contributed by atoms with Crippen LogP contribution in [0.15, 0.2) is 48.5 Å². The molecule has 1 aliphatic rings. The molecule has 134 valence electrons. The first kappa shape index (κ1) is 16.9. The number of carbonyl (C=O) groups excluding carboxylic acids is 1. The molecule has 2 heterocycles. The molecular weight excluding hydrogens is 322 g/mol. The molecule has 0 atom stereocenters. The zero-order chi connectivity index (χ0) is 17.9. The lowest BCUT2D eigenvalue weighted by molar-refractivity contribution is 0.0952. The van der Waals surface area contributed by atoms with Crippen LogP contribution in [-0.2, 0) is 13.1 Å². The largest absolute Gasteiger partial charge is 0.358 e. The number of nitrogens with one attached hydrogen (secondary N) is 2. The lowest BCUT2D eigenvalue weighted by Crippen LogP contribution is -2.25. The van der Waals surface area contributed by atoms with Crippen LogP contribution in [-0.4, -0.2) is 28.9 Å². The summed E-state index contributed by atoms with van der Waals surface area (Å²) in [7, 11) is 0. The van der Waals surface area contributed by atoms with E-state index in [1.807, 2.05) is 37.3 Å². The van der Waals surface area contributed by atoms with Gasteiger partial charge < -0.3 is 10.3 Å². The zero-order valence-electron chi connectivity index (χ0n) is 15.2. The van der Waals surface area contributed by atoms with Crippen molar-refractivity contribution in [2.75, 3.05) is 13.1 Å². The van der Waals surface area contributed by atoms with Gasteiger partial charge in [0.15, 0.2) is 0 Å². The molecule has 0 spiro atoms. The summed E-state index contributed by atoms with van der Waals surface area (Å²) in [6, 6.07) is 16.4. The van der Waals surface area contributed by atoms with E-state index in [1.165, 1.54) is 37.1 Å². The van der Waals surface area contributed by atoms with Crippen LogP contribution in [0.2, 0.25) is 0 Å². The molecule has 0 aliphatic carbocycles. The lowest BCUT2D eigenvalue weighted by Gasteiger charge is -2.17. The second kappa shape index (κ2) is 7.34. The summed E-state index contributed by atoms with van der Waals surface area (Å²) in [6.45, 7) is 5.83. The van der Waals surface area contributed by atoms with Crippen LogP contribution in [0.5, 0.6) is 0 Å². The highest BCUT2D eigenvalue weighted by molar-refractivity contribution is 6.08. The van der Waals surface area contributed by atoms with Gasteiger partial charge in [0.05, 0.1) is 5.56 Å². The lowest BCUT2D eigenvalue weighted by atomic mass is 10.1. The molecule has 2 aromatic carbocycles. The third-order valence-electron chi connectivity index (χ3n) is 5.27. The molecule has 4 nitrogen and oxygen atoms in total. The normalized spacial score (nSPS) is 14.8. The van der Waals surface area contributed by atoms with Crippen molar-refractivity contribution in [3.05, 3.63) is 70.9 Å². The molecule has 1 aliphatic heterocycles. The Bertz CT molecular complexity index is 922. The van der Waals surface area contributed by atoms with Crippen LogP contribution in [0.25, 0.3) is 10.9 Å². The number of amides is 1. The van der Waals surface area contributed by atoms with Gasteiger partial charge in [0, 0.05) is 29.7 Å². The highest BCUT2D eigenvalue weighted by atomic mass is 16.1. The predicted molar refractivity (Wildman–Crippen MR) is 105 cm³/mol. The van der Waals surface area contributed by atoms with Crippen molar-refractivity contribution in [1.29, 1.82) is 0 Å². The van der Waals surface area contributed by atoms with Crippen molar-refractivity contribution in [3.63, 3.8) is 0 Å². The van der Waals surface area contributed by atoms with Gasteiger partial charge in [0.1, 0.15) is 0 Å². The first-order valence-corrected chi connectivity index (χ1v) is 9.37. The molecule has 0 radical (unpaired) electrons. The molecule has 0 saturated carbocycles. The van der Waals surface area contributed by atoms with Gasteiger partial charge in [-0.1, -0.05) is 42.5 Å². The highest BCUT2D eigenvalue weighted by Gasteiger charge is 2.17. The van der Waals surface area contributed by atoms with E-state index in [4.69, 9.17) is 0 Å². The van der Waals surface area contributed by atoms with Crippen molar-refractivity contribution in [1.82, 2.24) is 15.2 Å². The summed E-state index contributed by atoms with van der Waals surface area (Å²) >= 11 is 0. The van der Waals surface area contributed by atoms with Crippen molar-refractivity contribution < 1.29 is 4.79 Å². The molecule has 4 rings (SSSR count). The average Bonchev–Trinajstić information content (AvgIpc) is 3.27. The Morgan fingerprint density at radius 3 is 2.54 bits per heavy atom. The topological polar surface area (TPSA) is 48.1 Å². The summed E-state index contributed by atoms with van der Waals surface area (Å²) in [4.78, 5) is 18.6. The van der Waals surface area contributed by atoms with Gasteiger partial charge in [-0.15, -0.1) is 0 Å². The quantitative estimate of drug-likeness (QED) is 0.733. The third kappa shape index (κ3) is 3.37. The Balaban J connectivity index is 1.50. The molecule has 4 heteroatoms. The van der Waals surface area contributed by atoms with Crippen LogP contribution in [0.1, 0.15) is 40.0 Å². The predicted octanol–water partition coefficient (Wildman–Crippen LogP) is 4.00. The van der Waals surface area contributed by atoms with Crippen LogP contribution in [0, 0.1) is 6.92 Å². The van der Waals surface area contributed by atoms with E-state index in [-0.39, 0.29) is 5.91 Å². The van der Waals surface area contributed by atoms with Crippen LogP contribution < -0.4 is 5.32 Å². The minimum Gasteiger partial charge on any atom is -0.358 e. The van der Waals surface area contributed by atoms with E-state index in [1.54, 1.807) is 0 Å². The number of nitrogens with zero attached hydrogens (tertiary/aromatic N) is 1. The smallest absolute Gasteiger partial charge is 0.253 e.